The number of anilines is 1. The number of hydrogen-bond donors (Lipinski definition) is 2. The van der Waals surface area contributed by atoms with E-state index in [4.69, 9.17) is 9.90 Å². The Labute approximate surface area is 164 Å². The van der Waals surface area contributed by atoms with E-state index in [1.165, 1.54) is 29.7 Å². The van der Waals surface area contributed by atoms with Gasteiger partial charge in [-0.15, -0.1) is 0 Å². The van der Waals surface area contributed by atoms with Crippen LogP contribution in [0.25, 0.3) is 0 Å². The molecule has 6 nitrogen and oxygen atoms in total. The van der Waals surface area contributed by atoms with Gasteiger partial charge in [-0.05, 0) is 41.7 Å². The zero-order valence-corrected chi connectivity index (χ0v) is 15.9. The van der Waals surface area contributed by atoms with Crippen LogP contribution in [-0.2, 0) is 24.2 Å². The van der Waals surface area contributed by atoms with Crippen molar-refractivity contribution in [2.75, 3.05) is 18.4 Å². The number of carboxylic acids is 1. The number of rotatable bonds is 4. The standard InChI is InChI=1S/C16H20N4S.C2HF3O2/c1-2-13(1)19-16-14-3-6-20(9-12-5-8-21-10-12)7-4-15(14)17-11-18-16;3-2(4,5)1(6)7/h5,8,10-11,13H,1-4,6-7,9H2,(H,17,18,19);(H,6,7). The average molecular weight is 414 g/mol. The lowest BCUT2D eigenvalue weighted by atomic mass is 10.1. The number of fused-ring (bicyclic) bond motifs is 1. The predicted octanol–water partition coefficient (Wildman–Crippen LogP) is 3.35. The number of hydrogen-bond acceptors (Lipinski definition) is 6. The van der Waals surface area contributed by atoms with Gasteiger partial charge in [0.25, 0.3) is 0 Å². The van der Waals surface area contributed by atoms with Gasteiger partial charge in [0, 0.05) is 37.7 Å². The SMILES string of the molecule is O=C(O)C(F)(F)F.c1nc2c(c(NC3CC3)n1)CCN(Cc1ccsc1)CC2. The van der Waals surface area contributed by atoms with Crippen LogP contribution in [0, 0.1) is 0 Å². The Hall–Kier alpha value is -2.20. The molecule has 0 aromatic carbocycles. The van der Waals surface area contributed by atoms with Gasteiger partial charge in [-0.25, -0.2) is 14.8 Å². The lowest BCUT2D eigenvalue weighted by molar-refractivity contribution is -0.192. The topological polar surface area (TPSA) is 78.3 Å². The first-order valence-electron chi connectivity index (χ1n) is 8.95. The number of aromatic nitrogens is 2. The zero-order valence-electron chi connectivity index (χ0n) is 15.1. The summed E-state index contributed by atoms with van der Waals surface area (Å²) < 4.78 is 31.7. The first kappa shape index (κ1) is 20.5. The Balaban J connectivity index is 0.000000279. The van der Waals surface area contributed by atoms with E-state index in [0.717, 1.165) is 38.3 Å². The summed E-state index contributed by atoms with van der Waals surface area (Å²) in [6.07, 6.45) is 1.28. The molecule has 0 saturated heterocycles. The minimum Gasteiger partial charge on any atom is -0.475 e. The van der Waals surface area contributed by atoms with Gasteiger partial charge in [0.15, 0.2) is 0 Å². The fraction of sp³-hybridized carbons (Fsp3) is 0.500. The Kier molecular flexibility index (Phi) is 6.50. The van der Waals surface area contributed by atoms with Gasteiger partial charge in [-0.2, -0.15) is 24.5 Å². The molecule has 3 heterocycles. The van der Waals surface area contributed by atoms with Crippen molar-refractivity contribution in [3.63, 3.8) is 0 Å². The van der Waals surface area contributed by atoms with E-state index in [0.29, 0.717) is 6.04 Å². The van der Waals surface area contributed by atoms with E-state index >= 15 is 0 Å². The van der Waals surface area contributed by atoms with Crippen molar-refractivity contribution in [2.45, 2.75) is 44.4 Å². The van der Waals surface area contributed by atoms with Gasteiger partial charge in [0.1, 0.15) is 12.1 Å². The Bertz CT molecular complexity index is 795. The normalized spacial score (nSPS) is 17.1. The predicted molar refractivity (Wildman–Crippen MR) is 99.4 cm³/mol. The van der Waals surface area contributed by atoms with E-state index in [1.54, 1.807) is 17.7 Å². The van der Waals surface area contributed by atoms with Crippen LogP contribution in [0.1, 0.15) is 29.7 Å². The summed E-state index contributed by atoms with van der Waals surface area (Å²) in [6.45, 7) is 3.23. The number of nitrogens with zero attached hydrogens (tertiary/aromatic N) is 3. The molecule has 0 spiro atoms. The summed E-state index contributed by atoms with van der Waals surface area (Å²) in [7, 11) is 0. The summed E-state index contributed by atoms with van der Waals surface area (Å²) in [4.78, 5) is 20.4. The number of halogens is 3. The molecule has 1 saturated carbocycles. The molecule has 1 aliphatic heterocycles. The Morgan fingerprint density at radius 3 is 2.61 bits per heavy atom. The monoisotopic (exact) mass is 414 g/mol. The highest BCUT2D eigenvalue weighted by molar-refractivity contribution is 7.07. The number of nitrogens with one attached hydrogen (secondary N) is 1. The summed E-state index contributed by atoms with van der Waals surface area (Å²) in [5.74, 6) is -1.67. The zero-order chi connectivity index (χ0) is 20.1. The highest BCUT2D eigenvalue weighted by Crippen LogP contribution is 2.28. The maximum absolute atomic E-state index is 10.6. The first-order chi connectivity index (χ1) is 13.3. The molecular weight excluding hydrogens is 393 g/mol. The third-order valence-electron chi connectivity index (χ3n) is 4.52. The molecule has 1 aliphatic carbocycles. The number of carbonyl (C=O) groups is 1. The fourth-order valence-corrected chi connectivity index (χ4v) is 3.58. The molecule has 0 radical (unpaired) electrons. The molecule has 152 valence electrons. The lowest BCUT2D eigenvalue weighted by Gasteiger charge is -2.18. The number of carboxylic acid groups (broad SMARTS) is 1. The third-order valence-corrected chi connectivity index (χ3v) is 5.26. The van der Waals surface area contributed by atoms with Crippen molar-refractivity contribution in [1.29, 1.82) is 0 Å². The molecule has 1 fully saturated rings. The molecule has 4 rings (SSSR count). The molecule has 2 aromatic rings. The Morgan fingerprint density at radius 1 is 1.29 bits per heavy atom. The number of alkyl halides is 3. The average Bonchev–Trinajstić information content (AvgIpc) is 3.35. The van der Waals surface area contributed by atoms with Crippen LogP contribution >= 0.6 is 11.3 Å². The van der Waals surface area contributed by atoms with E-state index in [1.807, 2.05) is 0 Å². The van der Waals surface area contributed by atoms with E-state index < -0.39 is 12.1 Å². The molecule has 0 bridgehead atoms. The van der Waals surface area contributed by atoms with E-state index in [2.05, 4.69) is 37.0 Å². The quantitative estimate of drug-likeness (QED) is 0.799. The maximum Gasteiger partial charge on any atom is 0.490 e. The largest absolute Gasteiger partial charge is 0.490 e. The van der Waals surface area contributed by atoms with Crippen LogP contribution < -0.4 is 5.32 Å². The van der Waals surface area contributed by atoms with Gasteiger partial charge >= 0.3 is 12.1 Å². The molecular formula is C18H21F3N4O2S. The summed E-state index contributed by atoms with van der Waals surface area (Å²) >= 11 is 1.78. The van der Waals surface area contributed by atoms with Crippen molar-refractivity contribution in [1.82, 2.24) is 14.9 Å². The molecule has 0 atom stereocenters. The minimum atomic E-state index is -5.08. The lowest BCUT2D eigenvalue weighted by Crippen LogP contribution is -2.25. The molecule has 28 heavy (non-hydrogen) atoms. The smallest absolute Gasteiger partial charge is 0.475 e. The second kappa shape index (κ2) is 8.87. The number of aliphatic carboxylic acids is 1. The van der Waals surface area contributed by atoms with Gasteiger partial charge in [-0.1, -0.05) is 0 Å². The molecule has 2 aliphatic rings. The van der Waals surface area contributed by atoms with Crippen LogP contribution in [0.4, 0.5) is 19.0 Å². The second-order valence-electron chi connectivity index (χ2n) is 6.78. The molecule has 2 aromatic heterocycles. The molecule has 2 N–H and O–H groups in total. The maximum atomic E-state index is 10.6. The van der Waals surface area contributed by atoms with Gasteiger partial charge in [0.05, 0.1) is 5.69 Å². The van der Waals surface area contributed by atoms with Gasteiger partial charge < -0.3 is 10.4 Å². The molecule has 0 unspecified atom stereocenters. The highest BCUT2D eigenvalue weighted by atomic mass is 32.1. The first-order valence-corrected chi connectivity index (χ1v) is 9.90. The fourth-order valence-electron chi connectivity index (χ4n) is 2.92. The Morgan fingerprint density at radius 2 is 2.00 bits per heavy atom. The van der Waals surface area contributed by atoms with Crippen molar-refractivity contribution < 1.29 is 23.1 Å². The van der Waals surface area contributed by atoms with E-state index in [-0.39, 0.29) is 0 Å². The van der Waals surface area contributed by atoms with Crippen molar-refractivity contribution >= 4 is 23.1 Å². The summed E-state index contributed by atoms with van der Waals surface area (Å²) in [5.41, 5.74) is 4.01. The van der Waals surface area contributed by atoms with Crippen LogP contribution in [0.2, 0.25) is 0 Å². The van der Waals surface area contributed by atoms with Crippen LogP contribution in [-0.4, -0.2) is 51.3 Å². The molecule has 0 amide bonds. The van der Waals surface area contributed by atoms with Crippen molar-refractivity contribution in [3.8, 4) is 0 Å². The van der Waals surface area contributed by atoms with Gasteiger partial charge in [-0.3, -0.25) is 4.90 Å². The minimum absolute atomic E-state index is 0.647. The number of thiophene rings is 1. The van der Waals surface area contributed by atoms with Crippen LogP contribution in [0.5, 0.6) is 0 Å². The van der Waals surface area contributed by atoms with Crippen LogP contribution in [0.15, 0.2) is 23.2 Å². The van der Waals surface area contributed by atoms with Crippen molar-refractivity contribution in [3.05, 3.63) is 40.0 Å². The van der Waals surface area contributed by atoms with E-state index in [9.17, 15) is 13.2 Å². The van der Waals surface area contributed by atoms with Crippen LogP contribution in [0.3, 0.4) is 0 Å². The highest BCUT2D eigenvalue weighted by Gasteiger charge is 2.38. The summed E-state index contributed by atoms with van der Waals surface area (Å²) in [5, 5.41) is 15.1. The second-order valence-corrected chi connectivity index (χ2v) is 7.56. The summed E-state index contributed by atoms with van der Waals surface area (Å²) in [6, 6.07) is 2.87. The van der Waals surface area contributed by atoms with Gasteiger partial charge in [0.2, 0.25) is 0 Å². The third kappa shape index (κ3) is 5.90. The molecule has 10 heteroatoms. The van der Waals surface area contributed by atoms with Crippen molar-refractivity contribution in [2.24, 2.45) is 0 Å².